The number of hydrogen-bond acceptors (Lipinski definition) is 4. The average Bonchev–Trinajstić information content (AvgIpc) is 2.46. The summed E-state index contributed by atoms with van der Waals surface area (Å²) in [4.78, 5) is 22.5. The molecule has 9 heteroatoms. The molecule has 1 aromatic carbocycles. The molecule has 1 heterocycles. The molecule has 1 aromatic rings. The Labute approximate surface area is 115 Å². The molecule has 1 aliphatic rings. The monoisotopic (exact) mass is 303 g/mol. The van der Waals surface area contributed by atoms with E-state index >= 15 is 0 Å². The minimum absolute atomic E-state index is 0.0109. The van der Waals surface area contributed by atoms with Gasteiger partial charge in [-0.25, -0.2) is 4.79 Å². The summed E-state index contributed by atoms with van der Waals surface area (Å²) in [5.74, 6) is -3.68. The van der Waals surface area contributed by atoms with Gasteiger partial charge in [0.25, 0.3) is 0 Å². The molecule has 0 spiro atoms. The standard InChI is InChI=1S/C12H8F3NO5/c13-12(14,15)21-5-1-2-8-6(3-5)10(18)7(11(19)20)4-9(17)16-8/h1-3,18H,4H2,(H,16,17)(H,19,20). The van der Waals surface area contributed by atoms with E-state index in [4.69, 9.17) is 5.11 Å². The van der Waals surface area contributed by atoms with Crippen LogP contribution < -0.4 is 10.1 Å². The third-order valence-electron chi connectivity index (χ3n) is 2.64. The minimum Gasteiger partial charge on any atom is -0.507 e. The van der Waals surface area contributed by atoms with Crippen LogP contribution in [0.4, 0.5) is 18.9 Å². The normalized spacial score (nSPS) is 15.1. The van der Waals surface area contributed by atoms with E-state index in [1.165, 1.54) is 0 Å². The lowest BCUT2D eigenvalue weighted by molar-refractivity contribution is -0.274. The number of amides is 1. The van der Waals surface area contributed by atoms with Crippen LogP contribution >= 0.6 is 0 Å². The van der Waals surface area contributed by atoms with Crippen molar-refractivity contribution in [3.63, 3.8) is 0 Å². The highest BCUT2D eigenvalue weighted by atomic mass is 19.4. The van der Waals surface area contributed by atoms with Crippen molar-refractivity contribution in [3.8, 4) is 5.75 Å². The van der Waals surface area contributed by atoms with E-state index in [-0.39, 0.29) is 11.3 Å². The minimum atomic E-state index is -4.93. The molecule has 112 valence electrons. The van der Waals surface area contributed by atoms with Crippen molar-refractivity contribution >= 4 is 23.3 Å². The van der Waals surface area contributed by atoms with Gasteiger partial charge in [0.15, 0.2) is 0 Å². The fourth-order valence-corrected chi connectivity index (χ4v) is 1.80. The topological polar surface area (TPSA) is 95.9 Å². The summed E-state index contributed by atoms with van der Waals surface area (Å²) >= 11 is 0. The Morgan fingerprint density at radius 3 is 2.57 bits per heavy atom. The van der Waals surface area contributed by atoms with Gasteiger partial charge < -0.3 is 20.3 Å². The van der Waals surface area contributed by atoms with Gasteiger partial charge >= 0.3 is 12.3 Å². The first-order valence-corrected chi connectivity index (χ1v) is 5.53. The summed E-state index contributed by atoms with van der Waals surface area (Å²) in [5, 5.41) is 21.1. The Morgan fingerprint density at radius 2 is 2.00 bits per heavy atom. The van der Waals surface area contributed by atoms with Crippen LogP contribution in [0.15, 0.2) is 23.8 Å². The molecule has 6 nitrogen and oxygen atoms in total. The number of alkyl halides is 3. The van der Waals surface area contributed by atoms with E-state index in [0.717, 1.165) is 18.2 Å². The molecule has 0 saturated carbocycles. The number of aliphatic hydroxyl groups excluding tert-OH is 1. The number of aliphatic carboxylic acids is 1. The molecule has 0 bridgehead atoms. The number of benzene rings is 1. The van der Waals surface area contributed by atoms with E-state index in [2.05, 4.69) is 10.1 Å². The Balaban J connectivity index is 2.54. The predicted octanol–water partition coefficient (Wildman–Crippen LogP) is 2.28. The molecule has 0 fully saturated rings. The maximum absolute atomic E-state index is 12.2. The third kappa shape index (κ3) is 3.25. The van der Waals surface area contributed by atoms with Crippen molar-refractivity contribution in [3.05, 3.63) is 29.3 Å². The quantitative estimate of drug-likeness (QED) is 0.779. The van der Waals surface area contributed by atoms with Gasteiger partial charge in [0.1, 0.15) is 11.5 Å². The van der Waals surface area contributed by atoms with Gasteiger partial charge in [-0.2, -0.15) is 0 Å². The van der Waals surface area contributed by atoms with Crippen molar-refractivity contribution in [1.82, 2.24) is 0 Å². The first kappa shape index (κ1) is 14.7. The van der Waals surface area contributed by atoms with Crippen molar-refractivity contribution in [2.75, 3.05) is 5.32 Å². The SMILES string of the molecule is O=C1CC(C(=O)O)=C(O)c2cc(OC(F)(F)F)ccc2N1. The zero-order chi connectivity index (χ0) is 15.8. The maximum atomic E-state index is 12.2. The molecule has 0 aromatic heterocycles. The van der Waals surface area contributed by atoms with Crippen LogP contribution in [0, 0.1) is 0 Å². The molecule has 1 amide bonds. The summed E-state index contributed by atoms with van der Waals surface area (Å²) in [6, 6.07) is 2.81. The lowest BCUT2D eigenvalue weighted by Crippen LogP contribution is -2.17. The second-order valence-electron chi connectivity index (χ2n) is 4.11. The molecular formula is C12H8F3NO5. The third-order valence-corrected chi connectivity index (χ3v) is 2.64. The zero-order valence-electron chi connectivity index (χ0n) is 10.2. The van der Waals surface area contributed by atoms with Crippen LogP contribution in [0.3, 0.4) is 0 Å². The molecule has 0 aliphatic carbocycles. The molecular weight excluding hydrogens is 295 g/mol. The number of carbonyl (C=O) groups is 2. The second kappa shape index (κ2) is 5.00. The van der Waals surface area contributed by atoms with Crippen LogP contribution in [0.5, 0.6) is 5.75 Å². The van der Waals surface area contributed by atoms with Crippen LogP contribution in [-0.4, -0.2) is 28.5 Å². The number of aliphatic hydroxyl groups is 1. The van der Waals surface area contributed by atoms with E-state index in [0.29, 0.717) is 0 Å². The Hall–Kier alpha value is -2.71. The number of fused-ring (bicyclic) bond motifs is 1. The highest BCUT2D eigenvalue weighted by molar-refractivity contribution is 6.07. The number of carboxylic acids is 1. The molecule has 3 N–H and O–H groups in total. The van der Waals surface area contributed by atoms with Gasteiger partial charge in [0, 0.05) is 5.56 Å². The van der Waals surface area contributed by atoms with Gasteiger partial charge in [0.2, 0.25) is 5.91 Å². The summed E-state index contributed by atoms with van der Waals surface area (Å²) in [6.07, 6.45) is -5.54. The lowest BCUT2D eigenvalue weighted by atomic mass is 10.1. The number of anilines is 1. The molecule has 1 aliphatic heterocycles. The number of ether oxygens (including phenoxy) is 1. The molecule has 21 heavy (non-hydrogen) atoms. The maximum Gasteiger partial charge on any atom is 0.573 e. The van der Waals surface area contributed by atoms with Crippen LogP contribution in [0.2, 0.25) is 0 Å². The van der Waals surface area contributed by atoms with E-state index < -0.39 is 41.7 Å². The Morgan fingerprint density at radius 1 is 1.33 bits per heavy atom. The summed E-state index contributed by atoms with van der Waals surface area (Å²) < 4.78 is 40.2. The number of carboxylic acid groups (broad SMARTS) is 1. The summed E-state index contributed by atoms with van der Waals surface area (Å²) in [6.45, 7) is 0. The van der Waals surface area contributed by atoms with Gasteiger partial charge in [-0.05, 0) is 18.2 Å². The number of carbonyl (C=O) groups excluding carboxylic acids is 1. The van der Waals surface area contributed by atoms with Crippen molar-refractivity contribution in [2.24, 2.45) is 0 Å². The number of nitrogens with one attached hydrogen (secondary N) is 1. The van der Waals surface area contributed by atoms with E-state index in [1.807, 2.05) is 0 Å². The number of halogens is 3. The fourth-order valence-electron chi connectivity index (χ4n) is 1.80. The van der Waals surface area contributed by atoms with Gasteiger partial charge in [-0.1, -0.05) is 0 Å². The Kier molecular flexibility index (Phi) is 3.50. The predicted molar refractivity (Wildman–Crippen MR) is 63.6 cm³/mol. The highest BCUT2D eigenvalue weighted by Gasteiger charge is 2.32. The van der Waals surface area contributed by atoms with Gasteiger partial charge in [-0.15, -0.1) is 13.2 Å². The van der Waals surface area contributed by atoms with E-state index in [9.17, 15) is 27.9 Å². The van der Waals surface area contributed by atoms with Crippen molar-refractivity contribution in [2.45, 2.75) is 12.8 Å². The first-order chi connectivity index (χ1) is 9.67. The van der Waals surface area contributed by atoms with E-state index in [1.54, 1.807) is 0 Å². The first-order valence-electron chi connectivity index (χ1n) is 5.53. The van der Waals surface area contributed by atoms with Gasteiger partial charge in [0.05, 0.1) is 17.7 Å². The molecule has 0 unspecified atom stereocenters. The summed E-state index contributed by atoms with van der Waals surface area (Å²) in [7, 11) is 0. The summed E-state index contributed by atoms with van der Waals surface area (Å²) in [5.41, 5.74) is -0.890. The van der Waals surface area contributed by atoms with Crippen molar-refractivity contribution < 1.29 is 37.7 Å². The smallest absolute Gasteiger partial charge is 0.507 e. The molecule has 0 radical (unpaired) electrons. The van der Waals surface area contributed by atoms with Crippen LogP contribution in [0.1, 0.15) is 12.0 Å². The molecule has 2 rings (SSSR count). The zero-order valence-corrected chi connectivity index (χ0v) is 10.2. The number of rotatable bonds is 2. The van der Waals surface area contributed by atoms with Gasteiger partial charge in [-0.3, -0.25) is 4.79 Å². The molecule has 0 atom stereocenters. The van der Waals surface area contributed by atoms with Crippen LogP contribution in [-0.2, 0) is 9.59 Å². The lowest BCUT2D eigenvalue weighted by Gasteiger charge is -2.12. The average molecular weight is 303 g/mol. The highest BCUT2D eigenvalue weighted by Crippen LogP contribution is 2.34. The largest absolute Gasteiger partial charge is 0.573 e. The fraction of sp³-hybridized carbons (Fsp3) is 0.167. The van der Waals surface area contributed by atoms with Crippen LogP contribution in [0.25, 0.3) is 5.76 Å². The Bertz CT molecular complexity index is 651. The van der Waals surface area contributed by atoms with Crippen molar-refractivity contribution in [1.29, 1.82) is 0 Å². The number of hydrogen-bond donors (Lipinski definition) is 3. The molecule has 0 saturated heterocycles. The second-order valence-corrected chi connectivity index (χ2v) is 4.11.